The van der Waals surface area contributed by atoms with Crippen LogP contribution in [0.25, 0.3) is 0 Å². The summed E-state index contributed by atoms with van der Waals surface area (Å²) in [6, 6.07) is 3.30. The molecule has 0 aromatic carbocycles. The molecule has 0 aliphatic carbocycles. The van der Waals surface area contributed by atoms with E-state index >= 15 is 0 Å². The third kappa shape index (κ3) is 1.12. The first-order chi connectivity index (χ1) is 5.70. The number of aromatic nitrogens is 1. The van der Waals surface area contributed by atoms with Gasteiger partial charge in [-0.1, -0.05) is 0 Å². The van der Waals surface area contributed by atoms with E-state index in [1.54, 1.807) is 19.1 Å². The van der Waals surface area contributed by atoms with E-state index in [0.29, 0.717) is 12.0 Å². The van der Waals surface area contributed by atoms with Gasteiger partial charge in [0, 0.05) is 6.20 Å². The monoisotopic (exact) mass is 162 g/mol. The second-order valence-corrected chi connectivity index (χ2v) is 2.30. The van der Waals surface area contributed by atoms with Gasteiger partial charge < -0.3 is 0 Å². The molecular formula is C8H6N2O2. The molecule has 0 radical (unpaired) electrons. The summed E-state index contributed by atoms with van der Waals surface area (Å²) in [5, 5.41) is 8.54. The molecule has 12 heavy (non-hydrogen) atoms. The smallest absolute Gasteiger partial charge is 0.275 e. The molecule has 0 saturated carbocycles. The van der Waals surface area contributed by atoms with Crippen LogP contribution in [0.1, 0.15) is 11.1 Å². The molecule has 0 saturated heterocycles. The molecular weight excluding hydrogens is 156 g/mol. The highest BCUT2D eigenvalue weighted by molar-refractivity contribution is 5.53. The third-order valence-corrected chi connectivity index (χ3v) is 1.55. The van der Waals surface area contributed by atoms with Crippen molar-refractivity contribution in [1.29, 1.82) is 5.26 Å². The summed E-state index contributed by atoms with van der Waals surface area (Å²) in [6.45, 7) is 1.65. The fourth-order valence-corrected chi connectivity index (χ4v) is 0.860. The molecule has 1 aromatic rings. The van der Waals surface area contributed by atoms with Crippen molar-refractivity contribution in [2.75, 3.05) is 0 Å². The molecule has 0 atom stereocenters. The van der Waals surface area contributed by atoms with E-state index in [2.05, 4.69) is 0 Å². The quantitative estimate of drug-likeness (QED) is 0.549. The van der Waals surface area contributed by atoms with Gasteiger partial charge in [-0.05, 0) is 18.6 Å². The van der Waals surface area contributed by atoms with Gasteiger partial charge in [0.15, 0.2) is 0 Å². The predicted octanol–water partition coefficient (Wildman–Crippen LogP) is 0.0667. The van der Waals surface area contributed by atoms with Crippen molar-refractivity contribution in [3.8, 4) is 6.07 Å². The maximum Gasteiger partial charge on any atom is 0.275 e. The van der Waals surface area contributed by atoms with Crippen LogP contribution >= 0.6 is 0 Å². The third-order valence-electron chi connectivity index (χ3n) is 1.55. The molecule has 0 aliphatic rings. The van der Waals surface area contributed by atoms with Crippen LogP contribution in [-0.2, 0) is 4.79 Å². The van der Waals surface area contributed by atoms with Crippen LogP contribution in [0.15, 0.2) is 17.1 Å². The van der Waals surface area contributed by atoms with Crippen molar-refractivity contribution >= 4 is 6.41 Å². The van der Waals surface area contributed by atoms with E-state index in [4.69, 9.17) is 5.26 Å². The molecule has 4 heteroatoms. The number of carbonyl (C=O) groups is 1. The van der Waals surface area contributed by atoms with Crippen molar-refractivity contribution in [1.82, 2.24) is 4.57 Å². The Kier molecular flexibility index (Phi) is 2.06. The van der Waals surface area contributed by atoms with Gasteiger partial charge in [-0.25, -0.2) is 0 Å². The highest BCUT2D eigenvalue weighted by Gasteiger charge is 2.04. The number of nitrogens with zero attached hydrogens (tertiary/aromatic N) is 2. The Morgan fingerprint density at radius 3 is 2.83 bits per heavy atom. The van der Waals surface area contributed by atoms with Gasteiger partial charge in [-0.15, -0.1) is 0 Å². The van der Waals surface area contributed by atoms with Gasteiger partial charge in [0.1, 0.15) is 11.6 Å². The van der Waals surface area contributed by atoms with Crippen molar-refractivity contribution in [2.45, 2.75) is 6.92 Å². The molecule has 0 aliphatic heterocycles. The summed E-state index contributed by atoms with van der Waals surface area (Å²) in [5.41, 5.74) is 0.0395. The highest BCUT2D eigenvalue weighted by Crippen LogP contribution is 1.97. The summed E-state index contributed by atoms with van der Waals surface area (Å²) in [7, 11) is 0. The van der Waals surface area contributed by atoms with E-state index in [1.807, 2.05) is 0 Å². The van der Waals surface area contributed by atoms with Crippen LogP contribution in [0.4, 0.5) is 0 Å². The maximum absolute atomic E-state index is 11.2. The highest BCUT2D eigenvalue weighted by atomic mass is 16.2. The standard InChI is InChI=1S/C8H6N2O2/c1-6-2-3-10(5-11)8(12)7(6)4-9/h2-3,5H,1H3. The zero-order chi connectivity index (χ0) is 9.14. The number of rotatable bonds is 1. The van der Waals surface area contributed by atoms with Crippen LogP contribution in [0.2, 0.25) is 0 Å². The van der Waals surface area contributed by atoms with Crippen molar-refractivity contribution in [3.63, 3.8) is 0 Å². The van der Waals surface area contributed by atoms with Gasteiger partial charge in [0.05, 0.1) is 0 Å². The van der Waals surface area contributed by atoms with Crippen LogP contribution in [-0.4, -0.2) is 11.0 Å². The Labute approximate surface area is 68.7 Å². The molecule has 0 bridgehead atoms. The lowest BCUT2D eigenvalue weighted by molar-refractivity contribution is 0.545. The van der Waals surface area contributed by atoms with E-state index in [-0.39, 0.29) is 5.56 Å². The maximum atomic E-state index is 11.2. The second-order valence-electron chi connectivity index (χ2n) is 2.30. The zero-order valence-corrected chi connectivity index (χ0v) is 6.44. The molecule has 60 valence electrons. The topological polar surface area (TPSA) is 62.9 Å². The van der Waals surface area contributed by atoms with Gasteiger partial charge in [0.2, 0.25) is 6.41 Å². The minimum Gasteiger partial charge on any atom is -0.278 e. The number of hydrogen-bond donors (Lipinski definition) is 0. The normalized spacial score (nSPS) is 9.00. The van der Waals surface area contributed by atoms with Gasteiger partial charge >= 0.3 is 0 Å². The predicted molar refractivity (Wildman–Crippen MR) is 42.3 cm³/mol. The van der Waals surface area contributed by atoms with E-state index < -0.39 is 5.56 Å². The molecule has 0 unspecified atom stereocenters. The first kappa shape index (κ1) is 8.21. The number of carbonyl (C=O) groups excluding carboxylic acids is 1. The molecule has 4 nitrogen and oxygen atoms in total. The van der Waals surface area contributed by atoms with E-state index in [9.17, 15) is 9.59 Å². The van der Waals surface area contributed by atoms with Crippen molar-refractivity contribution < 1.29 is 4.79 Å². The van der Waals surface area contributed by atoms with Crippen molar-refractivity contribution in [2.24, 2.45) is 0 Å². The summed E-state index contributed by atoms with van der Waals surface area (Å²) < 4.78 is 0.839. The van der Waals surface area contributed by atoms with Crippen LogP contribution < -0.4 is 5.56 Å². The summed E-state index contributed by atoms with van der Waals surface area (Å²) in [4.78, 5) is 21.4. The van der Waals surface area contributed by atoms with E-state index in [1.165, 1.54) is 6.20 Å². The van der Waals surface area contributed by atoms with Gasteiger partial charge in [0.25, 0.3) is 5.56 Å². The minimum atomic E-state index is -0.562. The molecule has 1 heterocycles. The second kappa shape index (κ2) is 3.01. The fourth-order valence-electron chi connectivity index (χ4n) is 0.860. The van der Waals surface area contributed by atoms with Gasteiger partial charge in [-0.2, -0.15) is 5.26 Å². The average Bonchev–Trinajstić information content (AvgIpc) is 2.06. The van der Waals surface area contributed by atoms with Crippen molar-refractivity contribution in [3.05, 3.63) is 33.7 Å². The number of nitriles is 1. The first-order valence-corrected chi connectivity index (χ1v) is 3.28. The molecule has 0 N–H and O–H groups in total. The fraction of sp³-hybridized carbons (Fsp3) is 0.125. The Morgan fingerprint density at radius 1 is 1.67 bits per heavy atom. The average molecular weight is 162 g/mol. The summed E-state index contributed by atoms with van der Waals surface area (Å²) in [6.07, 6.45) is 1.72. The number of pyridine rings is 1. The summed E-state index contributed by atoms with van der Waals surface area (Å²) in [5.74, 6) is 0. The zero-order valence-electron chi connectivity index (χ0n) is 6.44. The summed E-state index contributed by atoms with van der Waals surface area (Å²) >= 11 is 0. The minimum absolute atomic E-state index is 0.0181. The Morgan fingerprint density at radius 2 is 2.33 bits per heavy atom. The lowest BCUT2D eigenvalue weighted by Crippen LogP contribution is -2.22. The molecule has 1 aromatic heterocycles. The van der Waals surface area contributed by atoms with E-state index in [0.717, 1.165) is 4.57 Å². The molecule has 0 spiro atoms. The van der Waals surface area contributed by atoms with Crippen LogP contribution in [0.5, 0.6) is 0 Å². The number of aryl methyl sites for hydroxylation is 1. The Hall–Kier alpha value is -1.89. The lowest BCUT2D eigenvalue weighted by atomic mass is 10.2. The molecule has 0 fully saturated rings. The van der Waals surface area contributed by atoms with Crippen LogP contribution in [0, 0.1) is 18.3 Å². The SMILES string of the molecule is Cc1ccn(C=O)c(=O)c1C#N. The first-order valence-electron chi connectivity index (χ1n) is 3.28. The largest absolute Gasteiger partial charge is 0.278 e. The number of hydrogen-bond acceptors (Lipinski definition) is 3. The van der Waals surface area contributed by atoms with Crippen LogP contribution in [0.3, 0.4) is 0 Å². The molecule has 0 amide bonds. The molecule has 1 rings (SSSR count). The van der Waals surface area contributed by atoms with Gasteiger partial charge in [-0.3, -0.25) is 14.2 Å². The lowest BCUT2D eigenvalue weighted by Gasteiger charge is -1.97. The Balaban J connectivity index is 3.58. The Bertz CT molecular complexity index is 412.